The third-order valence-corrected chi connectivity index (χ3v) is 2.50. The molecule has 78 valence electrons. The molecule has 1 fully saturated rings. The maximum atomic E-state index is 10.5. The van der Waals surface area contributed by atoms with Crippen LogP contribution >= 0.6 is 0 Å². The number of aliphatic carboxylic acids is 1. The van der Waals surface area contributed by atoms with Gasteiger partial charge in [0.2, 0.25) is 0 Å². The molecule has 0 heterocycles. The Morgan fingerprint density at radius 2 is 1.77 bits per heavy atom. The summed E-state index contributed by atoms with van der Waals surface area (Å²) in [6.45, 7) is 6.07. The van der Waals surface area contributed by atoms with Crippen LogP contribution in [0.1, 0.15) is 52.9 Å². The molecule has 1 saturated carbocycles. The molecule has 13 heavy (non-hydrogen) atoms. The second-order valence-corrected chi connectivity index (χ2v) is 3.88. The lowest BCUT2D eigenvalue weighted by atomic mass is 9.93. The van der Waals surface area contributed by atoms with E-state index in [0.29, 0.717) is 5.92 Å². The van der Waals surface area contributed by atoms with Gasteiger partial charge < -0.3 is 5.11 Å². The van der Waals surface area contributed by atoms with Crippen LogP contribution in [0.4, 0.5) is 0 Å². The van der Waals surface area contributed by atoms with Gasteiger partial charge in [-0.2, -0.15) is 0 Å². The van der Waals surface area contributed by atoms with Crippen molar-refractivity contribution in [2.75, 3.05) is 0 Å². The minimum absolute atomic E-state index is 0.123. The fourth-order valence-corrected chi connectivity index (χ4v) is 1.66. The highest BCUT2D eigenvalue weighted by Gasteiger charge is 2.25. The molecule has 0 aromatic carbocycles. The monoisotopic (exact) mass is 186 g/mol. The number of hydrogen-bond donors (Lipinski definition) is 1. The maximum absolute atomic E-state index is 10.5. The maximum Gasteiger partial charge on any atom is 0.306 e. The van der Waals surface area contributed by atoms with Gasteiger partial charge in [0.15, 0.2) is 0 Å². The average molecular weight is 186 g/mol. The van der Waals surface area contributed by atoms with Crippen LogP contribution in [-0.4, -0.2) is 11.1 Å². The molecule has 1 rings (SSSR count). The number of carboxylic acids is 1. The minimum atomic E-state index is -0.632. The van der Waals surface area contributed by atoms with E-state index in [9.17, 15) is 4.79 Å². The summed E-state index contributed by atoms with van der Waals surface area (Å²) in [5.41, 5.74) is 0. The van der Waals surface area contributed by atoms with E-state index in [1.807, 2.05) is 6.92 Å². The molecule has 0 aliphatic heterocycles. The Balaban J connectivity index is 0.000000424. The lowest BCUT2D eigenvalue weighted by Gasteiger charge is -2.12. The number of hydrogen-bond acceptors (Lipinski definition) is 1. The third-order valence-electron chi connectivity index (χ3n) is 2.50. The molecule has 0 aromatic rings. The van der Waals surface area contributed by atoms with Gasteiger partial charge in [0.1, 0.15) is 0 Å². The van der Waals surface area contributed by atoms with Gasteiger partial charge in [0.25, 0.3) is 0 Å². The zero-order chi connectivity index (χ0) is 10.3. The van der Waals surface area contributed by atoms with Crippen molar-refractivity contribution in [3.63, 3.8) is 0 Å². The van der Waals surface area contributed by atoms with Gasteiger partial charge in [-0.1, -0.05) is 40.0 Å². The van der Waals surface area contributed by atoms with Gasteiger partial charge in [-0.05, 0) is 18.8 Å². The van der Waals surface area contributed by atoms with Crippen LogP contribution in [0.2, 0.25) is 0 Å². The summed E-state index contributed by atoms with van der Waals surface area (Å²) < 4.78 is 0. The Labute approximate surface area is 81.3 Å². The van der Waals surface area contributed by atoms with Crippen LogP contribution in [0, 0.1) is 11.8 Å². The van der Waals surface area contributed by atoms with Gasteiger partial charge in [0, 0.05) is 0 Å². The second-order valence-electron chi connectivity index (χ2n) is 3.88. The largest absolute Gasteiger partial charge is 0.481 e. The van der Waals surface area contributed by atoms with Gasteiger partial charge in [-0.15, -0.1) is 0 Å². The summed E-state index contributed by atoms with van der Waals surface area (Å²) in [7, 11) is 0. The molecule has 0 aromatic heterocycles. The highest BCUT2D eigenvalue weighted by atomic mass is 16.4. The third kappa shape index (κ3) is 4.91. The molecular formula is C11H22O2. The molecule has 0 radical (unpaired) electrons. The molecule has 1 unspecified atom stereocenters. The van der Waals surface area contributed by atoms with Crippen LogP contribution in [0.15, 0.2) is 0 Å². The zero-order valence-electron chi connectivity index (χ0n) is 9.05. The van der Waals surface area contributed by atoms with Crippen LogP contribution in [0.25, 0.3) is 0 Å². The summed E-state index contributed by atoms with van der Waals surface area (Å²) in [4.78, 5) is 10.5. The minimum Gasteiger partial charge on any atom is -0.481 e. The van der Waals surface area contributed by atoms with Crippen LogP contribution < -0.4 is 0 Å². The Morgan fingerprint density at radius 3 is 2.08 bits per heavy atom. The molecule has 1 atom stereocenters. The van der Waals surface area contributed by atoms with E-state index < -0.39 is 5.97 Å². The summed E-state index contributed by atoms with van der Waals surface area (Å²) in [6, 6.07) is 0. The van der Waals surface area contributed by atoms with E-state index in [1.165, 1.54) is 19.3 Å². The molecule has 1 aliphatic carbocycles. The Hall–Kier alpha value is -0.530. The first-order valence-electron chi connectivity index (χ1n) is 5.36. The first-order valence-corrected chi connectivity index (χ1v) is 5.36. The standard InChI is InChI=1S/C8H14O2.C3H8/c1-6(8(9)10)7-4-2-3-5-7;1-3-2/h6-7H,2-5H2,1H3,(H,9,10);3H2,1-2H3. The molecule has 0 bridgehead atoms. The predicted molar refractivity (Wildman–Crippen MR) is 54.7 cm³/mol. The zero-order valence-corrected chi connectivity index (χ0v) is 9.05. The fourth-order valence-electron chi connectivity index (χ4n) is 1.66. The SMILES string of the molecule is CC(C(=O)O)C1CCCC1.CCC. The Bertz CT molecular complexity index is 137. The Morgan fingerprint density at radius 1 is 1.38 bits per heavy atom. The quantitative estimate of drug-likeness (QED) is 0.718. The van der Waals surface area contributed by atoms with E-state index in [-0.39, 0.29) is 5.92 Å². The van der Waals surface area contributed by atoms with Crippen molar-refractivity contribution in [1.82, 2.24) is 0 Å². The van der Waals surface area contributed by atoms with Crippen molar-refractivity contribution in [2.24, 2.45) is 11.8 Å². The number of carboxylic acid groups (broad SMARTS) is 1. The predicted octanol–water partition coefficient (Wildman–Crippen LogP) is 3.31. The summed E-state index contributed by atoms with van der Waals surface area (Å²) >= 11 is 0. The second kappa shape index (κ2) is 6.93. The highest BCUT2D eigenvalue weighted by Crippen LogP contribution is 2.30. The van der Waals surface area contributed by atoms with E-state index in [0.717, 1.165) is 12.8 Å². The highest BCUT2D eigenvalue weighted by molar-refractivity contribution is 5.69. The van der Waals surface area contributed by atoms with Gasteiger partial charge in [0.05, 0.1) is 5.92 Å². The first kappa shape index (κ1) is 12.5. The summed E-state index contributed by atoms with van der Waals surface area (Å²) in [5, 5.41) is 8.64. The van der Waals surface area contributed by atoms with E-state index in [1.54, 1.807) is 0 Å². The van der Waals surface area contributed by atoms with Crippen molar-refractivity contribution in [3.8, 4) is 0 Å². The molecule has 2 heteroatoms. The number of rotatable bonds is 2. The van der Waals surface area contributed by atoms with E-state index >= 15 is 0 Å². The average Bonchev–Trinajstić information content (AvgIpc) is 2.56. The van der Waals surface area contributed by atoms with Gasteiger partial charge >= 0.3 is 5.97 Å². The van der Waals surface area contributed by atoms with Crippen molar-refractivity contribution in [1.29, 1.82) is 0 Å². The molecule has 0 saturated heterocycles. The van der Waals surface area contributed by atoms with Crippen LogP contribution in [0.5, 0.6) is 0 Å². The fraction of sp³-hybridized carbons (Fsp3) is 0.909. The van der Waals surface area contributed by atoms with Gasteiger partial charge in [-0.25, -0.2) is 0 Å². The molecule has 1 N–H and O–H groups in total. The van der Waals surface area contributed by atoms with Crippen molar-refractivity contribution in [2.45, 2.75) is 52.9 Å². The topological polar surface area (TPSA) is 37.3 Å². The number of carbonyl (C=O) groups is 1. The smallest absolute Gasteiger partial charge is 0.306 e. The molecular weight excluding hydrogens is 164 g/mol. The molecule has 2 nitrogen and oxygen atoms in total. The lowest BCUT2D eigenvalue weighted by Crippen LogP contribution is -2.17. The van der Waals surface area contributed by atoms with Crippen molar-refractivity contribution >= 4 is 5.97 Å². The van der Waals surface area contributed by atoms with E-state index in [2.05, 4.69) is 13.8 Å². The normalized spacial score (nSPS) is 19.0. The lowest BCUT2D eigenvalue weighted by molar-refractivity contribution is -0.142. The first-order chi connectivity index (χ1) is 6.13. The van der Waals surface area contributed by atoms with Crippen molar-refractivity contribution in [3.05, 3.63) is 0 Å². The van der Waals surface area contributed by atoms with Crippen LogP contribution in [-0.2, 0) is 4.79 Å². The van der Waals surface area contributed by atoms with Crippen molar-refractivity contribution < 1.29 is 9.90 Å². The Kier molecular flexibility index (Phi) is 6.65. The van der Waals surface area contributed by atoms with Gasteiger partial charge in [-0.3, -0.25) is 4.79 Å². The summed E-state index contributed by atoms with van der Waals surface area (Å²) in [6.07, 6.45) is 5.94. The molecule has 1 aliphatic rings. The molecule has 0 spiro atoms. The van der Waals surface area contributed by atoms with Crippen LogP contribution in [0.3, 0.4) is 0 Å². The summed E-state index contributed by atoms with van der Waals surface area (Å²) in [5.74, 6) is -0.299. The van der Waals surface area contributed by atoms with E-state index in [4.69, 9.17) is 5.11 Å². The molecule has 0 amide bonds.